The zero-order valence-corrected chi connectivity index (χ0v) is 33.5. The molecule has 2 N–H and O–H groups in total. The van der Waals surface area contributed by atoms with E-state index in [1.165, 1.54) is 79.8 Å². The highest BCUT2D eigenvalue weighted by atomic mass is 32.2. The number of pyridine rings is 2. The van der Waals surface area contributed by atoms with E-state index in [9.17, 15) is 27.6 Å². The molecule has 0 bridgehead atoms. The van der Waals surface area contributed by atoms with Gasteiger partial charge in [0, 0.05) is 70.2 Å². The Morgan fingerprint density at radius 1 is 0.934 bits per heavy atom. The van der Waals surface area contributed by atoms with Gasteiger partial charge in [-0.1, -0.05) is 18.2 Å². The minimum absolute atomic E-state index is 0.00250. The first-order valence-corrected chi connectivity index (χ1v) is 20.3. The van der Waals surface area contributed by atoms with Crippen molar-refractivity contribution >= 4 is 38.5 Å². The number of hydrogen-bond donors (Lipinski definition) is 2. The number of halogens is 2. The summed E-state index contributed by atoms with van der Waals surface area (Å²) in [5.74, 6) is -4.18. The molecule has 0 aliphatic carbocycles. The Balaban J connectivity index is 1.08. The van der Waals surface area contributed by atoms with Crippen LogP contribution in [0.2, 0.25) is 0 Å². The lowest BCUT2D eigenvalue weighted by molar-refractivity contribution is -0.148. The summed E-state index contributed by atoms with van der Waals surface area (Å²) in [6.07, 6.45) is 8.26. The van der Waals surface area contributed by atoms with Gasteiger partial charge >= 0.3 is 11.7 Å². The number of hydrogen-bond acceptors (Lipinski definition) is 13. The van der Waals surface area contributed by atoms with Crippen LogP contribution >= 0.6 is 0 Å². The molecular formula is C41H38F2N8O9S. The Labute approximate surface area is 346 Å². The minimum Gasteiger partial charge on any atom is -0.464 e. The SMILES string of the molecule is COCc1ncc(-c2ccc(S(=O)(=O)Nc3cc(F)c(C(=O)N[C@@H](Cc4ccc(-n5c(=O)c6ccncc6n(C)c5=O)nc4)C(=O)OCC4CCOCC4)cc3F)cc2)cn1. The Bertz CT molecular complexity index is 2820. The Morgan fingerprint density at radius 2 is 1.67 bits per heavy atom. The Morgan fingerprint density at radius 3 is 2.36 bits per heavy atom. The Kier molecular flexibility index (Phi) is 12.7. The monoisotopic (exact) mass is 856 g/mol. The number of amides is 1. The van der Waals surface area contributed by atoms with E-state index < -0.39 is 62.1 Å². The number of carbonyl (C=O) groups excluding carboxylic acids is 2. The number of nitrogens with one attached hydrogen (secondary N) is 2. The summed E-state index contributed by atoms with van der Waals surface area (Å²) in [6.45, 7) is 1.22. The summed E-state index contributed by atoms with van der Waals surface area (Å²) in [4.78, 5) is 69.8. The van der Waals surface area contributed by atoms with Gasteiger partial charge in [0.25, 0.3) is 21.5 Å². The number of methoxy groups -OCH3 is 1. The normalized spacial score (nSPS) is 13.8. The molecule has 1 saturated heterocycles. The van der Waals surface area contributed by atoms with Crippen LogP contribution < -0.4 is 21.3 Å². The molecule has 1 amide bonds. The lowest BCUT2D eigenvalue weighted by Gasteiger charge is -2.23. The van der Waals surface area contributed by atoms with Crippen LogP contribution in [0.5, 0.6) is 0 Å². The zero-order valence-electron chi connectivity index (χ0n) is 32.7. The number of rotatable bonds is 14. The summed E-state index contributed by atoms with van der Waals surface area (Å²) in [5.41, 5.74) is -1.01. The van der Waals surface area contributed by atoms with Gasteiger partial charge in [0.05, 0.1) is 39.9 Å². The quantitative estimate of drug-likeness (QED) is 0.150. The van der Waals surface area contributed by atoms with Crippen molar-refractivity contribution < 1.29 is 41.0 Å². The maximum atomic E-state index is 15.6. The van der Waals surface area contributed by atoms with Crippen LogP contribution in [-0.2, 0) is 49.1 Å². The fourth-order valence-electron chi connectivity index (χ4n) is 6.58. The average molecular weight is 857 g/mol. The van der Waals surface area contributed by atoms with Crippen molar-refractivity contribution in [2.45, 2.75) is 36.8 Å². The molecule has 1 fully saturated rings. The number of benzene rings is 2. The molecule has 17 nitrogen and oxygen atoms in total. The van der Waals surface area contributed by atoms with Crippen LogP contribution in [0.3, 0.4) is 0 Å². The van der Waals surface area contributed by atoms with E-state index in [4.69, 9.17) is 14.2 Å². The molecule has 316 valence electrons. The standard InChI is InChI=1S/C41H38F2N8O9S/c1-50-35-21-44-12-9-29(35)39(53)51(41(50)55)37-8-3-25(18-47-37)15-34(40(54)60-22-24-10-13-59-14-11-24)48-38(52)30-16-32(43)33(17-31(30)42)49-61(56,57)28-6-4-26(5-7-28)27-19-45-36(23-58-2)46-20-27/h3-9,12,16-21,24,34,49H,10-11,13-15,22-23H2,1-2H3,(H,48,52)/t34-/m0/s1. The number of sulfonamides is 1. The molecule has 61 heavy (non-hydrogen) atoms. The van der Waals surface area contributed by atoms with Gasteiger partial charge in [-0.3, -0.25) is 23.9 Å². The molecule has 1 aliphatic heterocycles. The number of nitrogens with zero attached hydrogens (tertiary/aromatic N) is 6. The second kappa shape index (κ2) is 18.2. The molecule has 7 rings (SSSR count). The van der Waals surface area contributed by atoms with Crippen molar-refractivity contribution in [3.8, 4) is 16.9 Å². The molecule has 0 spiro atoms. The van der Waals surface area contributed by atoms with Crippen LogP contribution in [0.15, 0.2) is 100 Å². The Hall–Kier alpha value is -6.77. The predicted octanol–water partition coefficient (Wildman–Crippen LogP) is 3.47. The van der Waals surface area contributed by atoms with Crippen molar-refractivity contribution in [1.82, 2.24) is 34.4 Å². The van der Waals surface area contributed by atoms with Gasteiger partial charge in [-0.15, -0.1) is 0 Å². The molecule has 0 unspecified atom stereocenters. The van der Waals surface area contributed by atoms with Crippen molar-refractivity contribution in [1.29, 1.82) is 0 Å². The molecular weight excluding hydrogens is 819 g/mol. The van der Waals surface area contributed by atoms with Crippen LogP contribution in [-0.4, -0.2) is 82.3 Å². The minimum atomic E-state index is -4.44. The number of fused-ring (bicyclic) bond motifs is 1. The van der Waals surface area contributed by atoms with Crippen molar-refractivity contribution in [3.05, 3.63) is 135 Å². The smallest absolute Gasteiger partial charge is 0.337 e. The first kappa shape index (κ1) is 42.4. The van der Waals surface area contributed by atoms with Gasteiger partial charge in [0.2, 0.25) is 0 Å². The number of carbonyl (C=O) groups is 2. The lowest BCUT2D eigenvalue weighted by atomic mass is 10.0. The summed E-state index contributed by atoms with van der Waals surface area (Å²) in [5, 5.41) is 2.64. The highest BCUT2D eigenvalue weighted by Gasteiger charge is 2.28. The summed E-state index contributed by atoms with van der Waals surface area (Å²) < 4.78 is 77.5. The molecule has 2 aromatic carbocycles. The van der Waals surface area contributed by atoms with E-state index in [1.54, 1.807) is 12.4 Å². The third kappa shape index (κ3) is 9.51. The topological polar surface area (TPSA) is 216 Å². The average Bonchev–Trinajstić information content (AvgIpc) is 3.27. The number of aromatic nitrogens is 6. The molecule has 6 aromatic rings. The van der Waals surface area contributed by atoms with E-state index in [1.807, 2.05) is 4.72 Å². The molecule has 1 aliphatic rings. The maximum absolute atomic E-state index is 15.6. The van der Waals surface area contributed by atoms with Crippen LogP contribution in [0.1, 0.15) is 34.6 Å². The summed E-state index contributed by atoms with van der Waals surface area (Å²) in [7, 11) is -1.44. The van der Waals surface area contributed by atoms with Crippen LogP contribution in [0.4, 0.5) is 14.5 Å². The fraction of sp³-hybridized carbons (Fsp3) is 0.268. The highest BCUT2D eigenvalue weighted by Crippen LogP contribution is 2.26. The van der Waals surface area contributed by atoms with Gasteiger partial charge in [0.15, 0.2) is 5.82 Å². The number of aryl methyl sites for hydroxylation is 1. The second-order valence-electron chi connectivity index (χ2n) is 14.1. The lowest BCUT2D eigenvalue weighted by Crippen LogP contribution is -2.44. The maximum Gasteiger partial charge on any atom is 0.337 e. The number of ether oxygens (including phenoxy) is 3. The predicted molar refractivity (Wildman–Crippen MR) is 215 cm³/mol. The van der Waals surface area contributed by atoms with E-state index in [-0.39, 0.29) is 41.7 Å². The molecule has 0 saturated carbocycles. The first-order chi connectivity index (χ1) is 29.3. The second-order valence-corrected chi connectivity index (χ2v) is 15.8. The van der Waals surface area contributed by atoms with E-state index in [2.05, 4.69) is 25.3 Å². The zero-order chi connectivity index (χ0) is 43.3. The van der Waals surface area contributed by atoms with E-state index in [0.717, 1.165) is 4.57 Å². The third-order valence-corrected chi connectivity index (χ3v) is 11.3. The number of esters is 1. The summed E-state index contributed by atoms with van der Waals surface area (Å²) >= 11 is 0. The number of anilines is 1. The van der Waals surface area contributed by atoms with E-state index >= 15 is 8.78 Å². The molecule has 1 atom stereocenters. The summed E-state index contributed by atoms with van der Waals surface area (Å²) in [6, 6.07) is 9.46. The van der Waals surface area contributed by atoms with Gasteiger partial charge in [-0.2, -0.15) is 0 Å². The molecule has 4 aromatic heterocycles. The highest BCUT2D eigenvalue weighted by molar-refractivity contribution is 7.92. The van der Waals surface area contributed by atoms with Gasteiger partial charge in [0.1, 0.15) is 30.1 Å². The fourth-order valence-corrected chi connectivity index (χ4v) is 7.64. The van der Waals surface area contributed by atoms with Gasteiger partial charge in [-0.05, 0) is 60.2 Å². The third-order valence-electron chi connectivity index (χ3n) is 9.97. The molecule has 5 heterocycles. The van der Waals surface area contributed by atoms with Crippen LogP contribution in [0.25, 0.3) is 27.8 Å². The van der Waals surface area contributed by atoms with Crippen molar-refractivity contribution in [3.63, 3.8) is 0 Å². The first-order valence-electron chi connectivity index (χ1n) is 18.8. The van der Waals surface area contributed by atoms with Crippen molar-refractivity contribution in [2.24, 2.45) is 13.0 Å². The largest absolute Gasteiger partial charge is 0.464 e. The van der Waals surface area contributed by atoms with E-state index in [0.29, 0.717) is 66.2 Å². The van der Waals surface area contributed by atoms with Gasteiger partial charge < -0.3 is 19.5 Å². The molecule has 20 heteroatoms. The van der Waals surface area contributed by atoms with Crippen molar-refractivity contribution in [2.75, 3.05) is 31.7 Å². The molecule has 0 radical (unpaired) electrons. The van der Waals surface area contributed by atoms with Gasteiger partial charge in [-0.25, -0.2) is 46.3 Å². The van der Waals surface area contributed by atoms with Crippen LogP contribution in [0, 0.1) is 17.6 Å².